The van der Waals surface area contributed by atoms with Gasteiger partial charge in [-0.15, -0.1) is 0 Å². The van der Waals surface area contributed by atoms with E-state index in [-0.39, 0.29) is 17.0 Å². The van der Waals surface area contributed by atoms with Crippen molar-refractivity contribution in [1.29, 1.82) is 0 Å². The SMILES string of the molecule is O=C(/C=C/c1ccccc1)Oc1ccccc1/C=C1/C(=O)NC(=O)N(c2ccccc2F)C1=O. The Hall–Kier alpha value is -4.85. The zero-order chi connectivity index (χ0) is 24.1. The van der Waals surface area contributed by atoms with Crippen LogP contribution in [0.25, 0.3) is 12.2 Å². The third-order valence-corrected chi connectivity index (χ3v) is 4.84. The van der Waals surface area contributed by atoms with E-state index in [0.717, 1.165) is 11.6 Å². The molecule has 0 atom stereocenters. The maximum Gasteiger partial charge on any atom is 0.336 e. The van der Waals surface area contributed by atoms with Crippen LogP contribution in [0.3, 0.4) is 0 Å². The Labute approximate surface area is 193 Å². The fourth-order valence-electron chi connectivity index (χ4n) is 3.23. The first kappa shape index (κ1) is 22.3. The number of ether oxygens (including phenoxy) is 1. The van der Waals surface area contributed by atoms with Crippen LogP contribution >= 0.6 is 0 Å². The molecule has 34 heavy (non-hydrogen) atoms. The third kappa shape index (κ3) is 4.81. The number of amides is 4. The predicted molar refractivity (Wildman–Crippen MR) is 123 cm³/mol. The zero-order valence-corrected chi connectivity index (χ0v) is 17.6. The molecule has 3 aromatic carbocycles. The molecule has 1 aliphatic rings. The van der Waals surface area contributed by atoms with Gasteiger partial charge in [-0.2, -0.15) is 0 Å². The monoisotopic (exact) mass is 456 g/mol. The molecule has 168 valence electrons. The molecule has 0 unspecified atom stereocenters. The fourth-order valence-corrected chi connectivity index (χ4v) is 3.23. The maximum atomic E-state index is 14.2. The number of barbiturate groups is 1. The number of carbonyl (C=O) groups excluding carboxylic acids is 4. The first-order valence-corrected chi connectivity index (χ1v) is 10.1. The quantitative estimate of drug-likeness (QED) is 0.270. The molecular formula is C26H17FN2O5. The normalized spacial score (nSPS) is 15.0. The Morgan fingerprint density at radius 3 is 2.32 bits per heavy atom. The predicted octanol–water partition coefficient (Wildman–Crippen LogP) is 4.11. The zero-order valence-electron chi connectivity index (χ0n) is 17.6. The van der Waals surface area contributed by atoms with E-state index < -0.39 is 35.2 Å². The van der Waals surface area contributed by atoms with Crippen LogP contribution in [0, 0.1) is 5.82 Å². The molecule has 0 aliphatic carbocycles. The number of carbonyl (C=O) groups is 4. The Bertz CT molecular complexity index is 1350. The second kappa shape index (κ2) is 9.74. The van der Waals surface area contributed by atoms with Gasteiger partial charge in [0, 0.05) is 11.6 Å². The van der Waals surface area contributed by atoms with Gasteiger partial charge in [-0.05, 0) is 35.9 Å². The van der Waals surface area contributed by atoms with E-state index in [1.165, 1.54) is 42.5 Å². The number of urea groups is 1. The lowest BCUT2D eigenvalue weighted by Gasteiger charge is -2.26. The van der Waals surface area contributed by atoms with Gasteiger partial charge in [0.25, 0.3) is 11.8 Å². The van der Waals surface area contributed by atoms with Crippen molar-refractivity contribution in [1.82, 2.24) is 5.32 Å². The largest absolute Gasteiger partial charge is 0.423 e. The molecule has 0 radical (unpaired) electrons. The molecule has 4 rings (SSSR count). The third-order valence-electron chi connectivity index (χ3n) is 4.84. The number of para-hydroxylation sites is 2. The van der Waals surface area contributed by atoms with Crippen molar-refractivity contribution in [2.45, 2.75) is 0 Å². The van der Waals surface area contributed by atoms with Crippen molar-refractivity contribution >= 4 is 41.7 Å². The Morgan fingerprint density at radius 1 is 0.882 bits per heavy atom. The smallest absolute Gasteiger partial charge is 0.336 e. The van der Waals surface area contributed by atoms with Crippen molar-refractivity contribution in [3.8, 4) is 5.75 Å². The molecule has 7 nitrogen and oxygen atoms in total. The minimum absolute atomic E-state index is 0.0904. The number of rotatable bonds is 5. The van der Waals surface area contributed by atoms with Crippen LogP contribution in [-0.2, 0) is 14.4 Å². The highest BCUT2D eigenvalue weighted by Gasteiger charge is 2.38. The molecule has 1 saturated heterocycles. The second-order valence-corrected chi connectivity index (χ2v) is 7.11. The molecule has 0 spiro atoms. The molecule has 0 aromatic heterocycles. The highest BCUT2D eigenvalue weighted by molar-refractivity contribution is 6.39. The van der Waals surface area contributed by atoms with Crippen LogP contribution in [0.5, 0.6) is 5.75 Å². The summed E-state index contributed by atoms with van der Waals surface area (Å²) in [5.41, 5.74) is 0.322. The van der Waals surface area contributed by atoms with Crippen LogP contribution in [0.1, 0.15) is 11.1 Å². The van der Waals surface area contributed by atoms with Crippen molar-refractivity contribution in [2.75, 3.05) is 4.90 Å². The van der Waals surface area contributed by atoms with Crippen molar-refractivity contribution < 1.29 is 28.3 Å². The summed E-state index contributed by atoms with van der Waals surface area (Å²) in [5, 5.41) is 2.03. The standard InChI is InChI=1S/C26H17FN2O5/c27-20-11-5-6-12-21(20)29-25(32)19(24(31)28-26(29)33)16-18-10-4-7-13-22(18)34-23(30)15-14-17-8-2-1-3-9-17/h1-16H,(H,28,31,33)/b15-14+,19-16-. The molecule has 1 aliphatic heterocycles. The van der Waals surface area contributed by atoms with E-state index in [2.05, 4.69) is 0 Å². The Balaban J connectivity index is 1.62. The summed E-state index contributed by atoms with van der Waals surface area (Å²) >= 11 is 0. The Morgan fingerprint density at radius 2 is 1.56 bits per heavy atom. The van der Waals surface area contributed by atoms with Crippen LogP contribution < -0.4 is 15.0 Å². The van der Waals surface area contributed by atoms with E-state index in [9.17, 15) is 23.6 Å². The number of benzene rings is 3. The highest BCUT2D eigenvalue weighted by atomic mass is 19.1. The highest BCUT2D eigenvalue weighted by Crippen LogP contribution is 2.27. The molecule has 3 aromatic rings. The number of hydrogen-bond donors (Lipinski definition) is 1. The first-order chi connectivity index (χ1) is 16.4. The summed E-state index contributed by atoms with van der Waals surface area (Å²) in [6.45, 7) is 0. The number of esters is 1. The van der Waals surface area contributed by atoms with Crippen LogP contribution in [-0.4, -0.2) is 23.8 Å². The summed E-state index contributed by atoms with van der Waals surface area (Å²) in [6.07, 6.45) is 4.01. The number of imide groups is 2. The van der Waals surface area contributed by atoms with Crippen LogP contribution in [0.15, 0.2) is 90.5 Å². The van der Waals surface area contributed by atoms with Crippen molar-refractivity contribution in [3.63, 3.8) is 0 Å². The molecule has 0 bridgehead atoms. The molecule has 4 amide bonds. The molecule has 1 heterocycles. The fraction of sp³-hybridized carbons (Fsp3) is 0. The average Bonchev–Trinajstić information content (AvgIpc) is 2.83. The van der Waals surface area contributed by atoms with Crippen LogP contribution in [0.2, 0.25) is 0 Å². The van der Waals surface area contributed by atoms with Crippen LogP contribution in [0.4, 0.5) is 14.9 Å². The van der Waals surface area contributed by atoms with Gasteiger partial charge in [-0.3, -0.25) is 14.9 Å². The Kier molecular flexibility index (Phi) is 6.40. The van der Waals surface area contributed by atoms with E-state index in [1.807, 2.05) is 35.6 Å². The van der Waals surface area contributed by atoms with Gasteiger partial charge < -0.3 is 4.74 Å². The molecule has 1 fully saturated rings. The minimum atomic E-state index is -1.07. The number of nitrogens with one attached hydrogen (secondary N) is 1. The van der Waals surface area contributed by atoms with E-state index in [1.54, 1.807) is 18.2 Å². The molecule has 1 N–H and O–H groups in total. The number of nitrogens with zero attached hydrogens (tertiary/aromatic N) is 1. The summed E-state index contributed by atoms with van der Waals surface area (Å²) < 4.78 is 19.6. The van der Waals surface area contributed by atoms with Gasteiger partial charge in [0.2, 0.25) is 0 Å². The lowest BCUT2D eigenvalue weighted by Crippen LogP contribution is -2.54. The van der Waals surface area contributed by atoms with E-state index >= 15 is 0 Å². The molecule has 8 heteroatoms. The maximum absolute atomic E-state index is 14.2. The van der Waals surface area contributed by atoms with E-state index in [0.29, 0.717) is 4.90 Å². The molecular weight excluding hydrogens is 439 g/mol. The first-order valence-electron chi connectivity index (χ1n) is 10.1. The van der Waals surface area contributed by atoms with Crippen molar-refractivity contribution in [2.24, 2.45) is 0 Å². The van der Waals surface area contributed by atoms with Gasteiger partial charge in [-0.1, -0.05) is 60.7 Å². The van der Waals surface area contributed by atoms with Gasteiger partial charge in [-0.25, -0.2) is 18.9 Å². The average molecular weight is 456 g/mol. The number of anilines is 1. The summed E-state index contributed by atoms with van der Waals surface area (Å²) in [4.78, 5) is 50.5. The van der Waals surface area contributed by atoms with Crippen molar-refractivity contribution in [3.05, 3.63) is 107 Å². The van der Waals surface area contributed by atoms with Gasteiger partial charge in [0.05, 0.1) is 5.69 Å². The number of halogens is 1. The summed E-state index contributed by atoms with van der Waals surface area (Å²) in [5.74, 6) is -3.35. The lowest BCUT2D eigenvalue weighted by molar-refractivity contribution is -0.129. The lowest BCUT2D eigenvalue weighted by atomic mass is 10.1. The van der Waals surface area contributed by atoms with E-state index in [4.69, 9.17) is 4.74 Å². The van der Waals surface area contributed by atoms with Gasteiger partial charge in [0.1, 0.15) is 17.1 Å². The topological polar surface area (TPSA) is 92.8 Å². The second-order valence-electron chi connectivity index (χ2n) is 7.11. The summed E-state index contributed by atoms with van der Waals surface area (Å²) in [7, 11) is 0. The van der Waals surface area contributed by atoms with Gasteiger partial charge >= 0.3 is 12.0 Å². The minimum Gasteiger partial charge on any atom is -0.423 e. The number of hydrogen-bond acceptors (Lipinski definition) is 5. The molecule has 0 saturated carbocycles. The van der Waals surface area contributed by atoms with Gasteiger partial charge in [0.15, 0.2) is 0 Å². The summed E-state index contributed by atoms with van der Waals surface area (Å²) in [6, 6.07) is 19.5.